The first-order valence-electron chi connectivity index (χ1n) is 14.8. The maximum Gasteiger partial charge on any atom is 0.135 e. The minimum Gasteiger partial charge on any atom is -0.456 e. The number of furan rings is 1. The molecule has 9 aromatic rings. The molecule has 0 fully saturated rings. The molecule has 43 heavy (non-hydrogen) atoms. The molecule has 1 heteroatoms. The van der Waals surface area contributed by atoms with Crippen LogP contribution in [0, 0.1) is 0 Å². The molecule has 0 amide bonds. The molecule has 0 radical (unpaired) electrons. The van der Waals surface area contributed by atoms with Crippen LogP contribution in [0.25, 0.3) is 98.8 Å². The number of hydrogen-bond donors (Lipinski definition) is 0. The van der Waals surface area contributed by atoms with E-state index in [0.717, 1.165) is 21.9 Å². The second-order valence-electron chi connectivity index (χ2n) is 11.7. The van der Waals surface area contributed by atoms with Gasteiger partial charge in [0.05, 0.1) is 0 Å². The molecule has 198 valence electrons. The second-order valence-corrected chi connectivity index (χ2v) is 11.7. The van der Waals surface area contributed by atoms with Crippen LogP contribution in [-0.4, -0.2) is 0 Å². The summed E-state index contributed by atoms with van der Waals surface area (Å²) < 4.78 is 6.08. The predicted octanol–water partition coefficient (Wildman–Crippen LogP) is 12.0. The fourth-order valence-electron chi connectivity index (χ4n) is 7.37. The number of rotatable bonds is 2. The normalized spacial score (nSPS) is 12.2. The molecule has 1 aromatic heterocycles. The van der Waals surface area contributed by atoms with Gasteiger partial charge in [0.15, 0.2) is 0 Å². The van der Waals surface area contributed by atoms with Gasteiger partial charge in [0.2, 0.25) is 0 Å². The van der Waals surface area contributed by atoms with Gasteiger partial charge in [-0.2, -0.15) is 0 Å². The van der Waals surface area contributed by atoms with Gasteiger partial charge < -0.3 is 4.42 Å². The van der Waals surface area contributed by atoms with Crippen LogP contribution >= 0.6 is 0 Å². The fourth-order valence-corrected chi connectivity index (χ4v) is 7.37. The van der Waals surface area contributed by atoms with Gasteiger partial charge in [0.1, 0.15) is 11.2 Å². The molecular weight excluding hydrogens is 520 g/mol. The number of fused-ring (bicyclic) bond motifs is 10. The first kappa shape index (κ1) is 23.0. The Morgan fingerprint density at radius 1 is 0.302 bits per heavy atom. The van der Waals surface area contributed by atoms with Gasteiger partial charge >= 0.3 is 0 Å². The van der Waals surface area contributed by atoms with E-state index in [1.165, 1.54) is 76.8 Å². The summed E-state index contributed by atoms with van der Waals surface area (Å²) in [6, 6.07) is 53.2. The topological polar surface area (TPSA) is 13.1 Å². The van der Waals surface area contributed by atoms with Crippen LogP contribution in [0.4, 0.5) is 0 Å². The van der Waals surface area contributed by atoms with Crippen molar-refractivity contribution in [1.29, 1.82) is 0 Å². The molecule has 10 rings (SSSR count). The van der Waals surface area contributed by atoms with Crippen LogP contribution < -0.4 is 0 Å². The molecule has 1 heterocycles. The molecule has 0 N–H and O–H groups in total. The van der Waals surface area contributed by atoms with Crippen molar-refractivity contribution < 1.29 is 4.42 Å². The van der Waals surface area contributed by atoms with Crippen molar-refractivity contribution in [3.63, 3.8) is 0 Å². The minimum absolute atomic E-state index is 0.925. The van der Waals surface area contributed by atoms with Gasteiger partial charge in [-0.05, 0) is 113 Å². The highest BCUT2D eigenvalue weighted by Crippen LogP contribution is 2.51. The third-order valence-corrected chi connectivity index (χ3v) is 9.39. The molecule has 0 spiro atoms. The lowest BCUT2D eigenvalue weighted by Crippen LogP contribution is -1.84. The Kier molecular flexibility index (Phi) is 4.51. The SMILES string of the molecule is c1cc(-c2ccc3c(c2)-c2cc4c5ccccc5ccc4c4cccc-3c24)cc(-c2ccc3oc4ccccc4c3c2)c1. The lowest BCUT2D eigenvalue weighted by atomic mass is 9.92. The van der Waals surface area contributed by atoms with Crippen molar-refractivity contribution >= 4 is 54.3 Å². The third-order valence-electron chi connectivity index (χ3n) is 9.39. The summed E-state index contributed by atoms with van der Waals surface area (Å²) in [7, 11) is 0. The van der Waals surface area contributed by atoms with Gasteiger partial charge in [-0.25, -0.2) is 0 Å². The maximum absolute atomic E-state index is 6.08. The summed E-state index contributed by atoms with van der Waals surface area (Å²) in [6.07, 6.45) is 0. The van der Waals surface area contributed by atoms with Crippen LogP contribution in [0.3, 0.4) is 0 Å². The molecule has 1 aliphatic carbocycles. The Balaban J connectivity index is 1.14. The summed E-state index contributed by atoms with van der Waals surface area (Å²) in [5.41, 5.74) is 12.0. The number of benzene rings is 8. The molecular formula is C42H24O. The van der Waals surface area contributed by atoms with Crippen LogP contribution in [0.1, 0.15) is 0 Å². The van der Waals surface area contributed by atoms with E-state index in [-0.39, 0.29) is 0 Å². The van der Waals surface area contributed by atoms with E-state index in [9.17, 15) is 0 Å². The minimum atomic E-state index is 0.925. The van der Waals surface area contributed by atoms with Crippen LogP contribution in [0.5, 0.6) is 0 Å². The first-order valence-corrected chi connectivity index (χ1v) is 14.8. The largest absolute Gasteiger partial charge is 0.456 e. The van der Waals surface area contributed by atoms with Crippen LogP contribution in [0.15, 0.2) is 150 Å². The fraction of sp³-hybridized carbons (Fsp3) is 0. The zero-order valence-corrected chi connectivity index (χ0v) is 23.3. The Hall–Kier alpha value is -5.66. The lowest BCUT2D eigenvalue weighted by Gasteiger charge is -2.11. The lowest BCUT2D eigenvalue weighted by molar-refractivity contribution is 0.669. The molecule has 1 nitrogen and oxygen atoms in total. The summed E-state index contributed by atoms with van der Waals surface area (Å²) in [4.78, 5) is 0. The smallest absolute Gasteiger partial charge is 0.135 e. The summed E-state index contributed by atoms with van der Waals surface area (Å²) in [5.74, 6) is 0. The first-order chi connectivity index (χ1) is 21.3. The zero-order valence-electron chi connectivity index (χ0n) is 23.3. The van der Waals surface area contributed by atoms with E-state index in [2.05, 4.69) is 133 Å². The monoisotopic (exact) mass is 544 g/mol. The third kappa shape index (κ3) is 3.22. The van der Waals surface area contributed by atoms with Gasteiger partial charge in [-0.15, -0.1) is 0 Å². The van der Waals surface area contributed by atoms with E-state index in [4.69, 9.17) is 4.42 Å². The van der Waals surface area contributed by atoms with Crippen molar-refractivity contribution in [3.8, 4) is 44.5 Å². The van der Waals surface area contributed by atoms with Gasteiger partial charge in [-0.1, -0.05) is 109 Å². The Morgan fingerprint density at radius 3 is 1.95 bits per heavy atom. The van der Waals surface area contributed by atoms with Crippen molar-refractivity contribution in [1.82, 2.24) is 0 Å². The van der Waals surface area contributed by atoms with Crippen LogP contribution in [0.2, 0.25) is 0 Å². The molecule has 8 aromatic carbocycles. The Bertz CT molecular complexity index is 2620. The zero-order chi connectivity index (χ0) is 28.1. The highest BCUT2D eigenvalue weighted by molar-refractivity contribution is 6.27. The molecule has 0 unspecified atom stereocenters. The van der Waals surface area contributed by atoms with E-state index in [1.54, 1.807) is 0 Å². The summed E-state index contributed by atoms with van der Waals surface area (Å²) in [5, 5.41) is 10.2. The molecule has 0 bridgehead atoms. The standard InChI is InChI=1S/C42H24O/c1-2-10-30-25(7-1)15-18-32-35-13-6-12-34-31-19-16-28(22-36(31)39(42(34)35)24-37(30)32)26-8-5-9-27(21-26)29-17-20-41-38(23-29)33-11-3-4-14-40(33)43-41/h1-24H. The van der Waals surface area contributed by atoms with E-state index in [1.807, 2.05) is 12.1 Å². The highest BCUT2D eigenvalue weighted by Gasteiger charge is 2.23. The van der Waals surface area contributed by atoms with E-state index < -0.39 is 0 Å². The quantitative estimate of drug-likeness (QED) is 0.197. The maximum atomic E-state index is 6.08. The Labute approximate surface area is 248 Å². The van der Waals surface area contributed by atoms with Crippen molar-refractivity contribution in [2.75, 3.05) is 0 Å². The predicted molar refractivity (Wildman–Crippen MR) is 182 cm³/mol. The van der Waals surface area contributed by atoms with Crippen molar-refractivity contribution in [2.24, 2.45) is 0 Å². The average Bonchev–Trinajstić information content (AvgIpc) is 3.60. The molecule has 0 aliphatic heterocycles. The Morgan fingerprint density at radius 2 is 1.02 bits per heavy atom. The second kappa shape index (κ2) is 8.44. The van der Waals surface area contributed by atoms with E-state index >= 15 is 0 Å². The summed E-state index contributed by atoms with van der Waals surface area (Å²) >= 11 is 0. The van der Waals surface area contributed by atoms with Gasteiger partial charge in [0, 0.05) is 10.8 Å². The van der Waals surface area contributed by atoms with Crippen molar-refractivity contribution in [3.05, 3.63) is 146 Å². The van der Waals surface area contributed by atoms with E-state index in [0.29, 0.717) is 0 Å². The molecule has 0 saturated carbocycles. The van der Waals surface area contributed by atoms with Gasteiger partial charge in [0.25, 0.3) is 0 Å². The highest BCUT2D eigenvalue weighted by atomic mass is 16.3. The van der Waals surface area contributed by atoms with Crippen molar-refractivity contribution in [2.45, 2.75) is 0 Å². The number of para-hydroxylation sites is 1. The summed E-state index contributed by atoms with van der Waals surface area (Å²) in [6.45, 7) is 0. The van der Waals surface area contributed by atoms with Gasteiger partial charge in [-0.3, -0.25) is 0 Å². The average molecular weight is 545 g/mol. The number of hydrogen-bond acceptors (Lipinski definition) is 1. The molecule has 0 atom stereocenters. The van der Waals surface area contributed by atoms with Crippen LogP contribution in [-0.2, 0) is 0 Å². The molecule has 0 saturated heterocycles. The molecule has 1 aliphatic rings.